The number of benzene rings is 1. The van der Waals surface area contributed by atoms with Gasteiger partial charge in [0.25, 0.3) is 0 Å². The van der Waals surface area contributed by atoms with Gasteiger partial charge >= 0.3 is 17.9 Å². The van der Waals surface area contributed by atoms with E-state index in [1.165, 1.54) is 6.92 Å². The second-order valence-electron chi connectivity index (χ2n) is 7.50. The molecule has 1 heterocycles. The van der Waals surface area contributed by atoms with Crippen molar-refractivity contribution in [2.24, 2.45) is 5.92 Å². The number of carboxylic acid groups (broad SMARTS) is 1. The summed E-state index contributed by atoms with van der Waals surface area (Å²) < 4.78 is 46.8. The Balaban J connectivity index is 2.38. The molecule has 1 saturated heterocycles. The van der Waals surface area contributed by atoms with Gasteiger partial charge in [-0.15, -0.1) is 0 Å². The molecule has 1 aliphatic heterocycles. The number of carbonyl (C=O) groups is 4. The quantitative estimate of drug-likeness (QED) is 0.344. The van der Waals surface area contributed by atoms with Gasteiger partial charge in [-0.25, -0.2) is 14.4 Å². The molecule has 1 aliphatic rings. The number of Topliss-reactive ketones (excluding diaryl/α,β-unsaturated/α-hetero) is 1. The van der Waals surface area contributed by atoms with Crippen LogP contribution in [0.2, 0.25) is 0 Å². The molecule has 11 heteroatoms. The predicted molar refractivity (Wildman–Crippen MR) is 110 cm³/mol. The minimum atomic E-state index is -2.18. The van der Waals surface area contributed by atoms with Crippen LogP contribution in [0.15, 0.2) is 24.2 Å². The molecule has 1 fully saturated rings. The normalized spacial score (nSPS) is 27.4. The van der Waals surface area contributed by atoms with Gasteiger partial charge in [0.05, 0.1) is 23.2 Å². The van der Waals surface area contributed by atoms with Crippen LogP contribution in [0.3, 0.4) is 0 Å². The summed E-state index contributed by atoms with van der Waals surface area (Å²) >= 11 is 0. The third-order valence-corrected chi connectivity index (χ3v) is 5.06. The van der Waals surface area contributed by atoms with Crippen molar-refractivity contribution in [3.05, 3.63) is 35.3 Å². The van der Waals surface area contributed by atoms with Crippen molar-refractivity contribution in [2.45, 2.75) is 63.8 Å². The number of ketones is 1. The fourth-order valence-corrected chi connectivity index (χ4v) is 3.01. The van der Waals surface area contributed by atoms with E-state index in [2.05, 4.69) is 0 Å². The summed E-state index contributed by atoms with van der Waals surface area (Å²) in [4.78, 5) is 48.4. The van der Waals surface area contributed by atoms with Crippen molar-refractivity contribution in [1.29, 1.82) is 0 Å². The molecular weight excluding hydrogens is 440 g/mol. The molecule has 2 unspecified atom stereocenters. The second kappa shape index (κ2) is 11.8. The number of hydrogen-bond acceptors (Lipinski definition) is 10. The highest BCUT2D eigenvalue weighted by Gasteiger charge is 2.48. The van der Waals surface area contributed by atoms with Crippen LogP contribution in [0, 0.1) is 5.92 Å². The van der Waals surface area contributed by atoms with Gasteiger partial charge < -0.3 is 39.4 Å². The van der Waals surface area contributed by atoms with Crippen molar-refractivity contribution in [1.82, 2.24) is 0 Å². The first-order valence-corrected chi connectivity index (χ1v) is 10.1. The molecule has 0 amide bonds. The number of aliphatic hydroxyl groups excluding tert-OH is 3. The molecular formula is C22H28O11. The minimum absolute atomic E-state index is 0.0677. The highest BCUT2D eigenvalue weighted by Crippen LogP contribution is 2.24. The minimum Gasteiger partial charge on any atom is -0.479 e. The number of hydrogen-bond donors (Lipinski definition) is 4. The molecule has 182 valence electrons. The van der Waals surface area contributed by atoms with E-state index in [1.54, 1.807) is 6.92 Å². The van der Waals surface area contributed by atoms with Crippen molar-refractivity contribution in [2.75, 3.05) is 6.61 Å². The highest BCUT2D eigenvalue weighted by molar-refractivity contribution is 6.03. The summed E-state index contributed by atoms with van der Waals surface area (Å²) in [6.45, 7) is 2.98. The Labute approximate surface area is 195 Å². The SMILES string of the molecule is [2H]c1c([2H])c([2H])c(C(=O)O[C@@H]2O[C@H](C(=O)O)[C@@H](O)C(O)[C@H]2O)c(C(=O)OCC(CC)CCC(C)=O)c1[2H]. The standard InChI is InChI=1S/C22H28O11/c1-3-12(9-8-11(2)23)10-31-20(29)13-6-4-5-7-14(13)21(30)33-22-17(26)15(24)16(25)18(32-22)19(27)28/h4-7,12,15-18,22,24-26H,3,8-10H2,1-2H3,(H,27,28)/t12?,15?,16-,17+,18-,22-/m0/s1/i4D,5D,6D,7D. The monoisotopic (exact) mass is 472 g/mol. The van der Waals surface area contributed by atoms with Gasteiger partial charge in [-0.3, -0.25) is 0 Å². The van der Waals surface area contributed by atoms with Gasteiger partial charge in [0.1, 0.15) is 24.1 Å². The van der Waals surface area contributed by atoms with Gasteiger partial charge in [-0.2, -0.15) is 0 Å². The zero-order valence-corrected chi connectivity index (χ0v) is 17.9. The zero-order valence-electron chi connectivity index (χ0n) is 21.9. The molecule has 6 atom stereocenters. The van der Waals surface area contributed by atoms with Crippen LogP contribution in [0.1, 0.15) is 59.3 Å². The van der Waals surface area contributed by atoms with Crippen molar-refractivity contribution >= 4 is 23.7 Å². The van der Waals surface area contributed by atoms with Crippen molar-refractivity contribution < 1.29 is 59.3 Å². The van der Waals surface area contributed by atoms with Crippen LogP contribution in [0.4, 0.5) is 0 Å². The number of aliphatic carboxylic acids is 1. The van der Waals surface area contributed by atoms with E-state index in [9.17, 15) is 34.5 Å². The summed E-state index contributed by atoms with van der Waals surface area (Å²) in [6.07, 6.45) is -9.43. The fraction of sp³-hybridized carbons (Fsp3) is 0.545. The van der Waals surface area contributed by atoms with Gasteiger partial charge in [-0.1, -0.05) is 25.4 Å². The van der Waals surface area contributed by atoms with E-state index in [4.69, 9.17) is 24.8 Å². The van der Waals surface area contributed by atoms with E-state index in [0.29, 0.717) is 12.8 Å². The van der Waals surface area contributed by atoms with Crippen LogP contribution >= 0.6 is 0 Å². The molecule has 0 spiro atoms. The first-order valence-electron chi connectivity index (χ1n) is 12.1. The van der Waals surface area contributed by atoms with E-state index >= 15 is 0 Å². The van der Waals surface area contributed by atoms with Crippen LogP contribution in [0.25, 0.3) is 0 Å². The number of ether oxygens (including phenoxy) is 3. The Hall–Kier alpha value is -2.86. The van der Waals surface area contributed by atoms with E-state index in [1.807, 2.05) is 0 Å². The molecule has 33 heavy (non-hydrogen) atoms. The van der Waals surface area contributed by atoms with Gasteiger partial charge in [0, 0.05) is 6.42 Å². The maximum atomic E-state index is 13.0. The number of rotatable bonds is 10. The Morgan fingerprint density at radius 3 is 2.21 bits per heavy atom. The Bertz CT molecular complexity index is 1060. The number of esters is 2. The molecule has 0 aliphatic carbocycles. The lowest BCUT2D eigenvalue weighted by atomic mass is 9.99. The molecule has 1 aromatic rings. The molecule has 11 nitrogen and oxygen atoms in total. The number of aliphatic hydroxyl groups is 3. The van der Waals surface area contributed by atoms with E-state index in [-0.39, 0.29) is 24.7 Å². The third-order valence-electron chi connectivity index (χ3n) is 5.06. The van der Waals surface area contributed by atoms with Crippen LogP contribution in [0.5, 0.6) is 0 Å². The largest absolute Gasteiger partial charge is 0.479 e. The Morgan fingerprint density at radius 2 is 1.67 bits per heavy atom. The van der Waals surface area contributed by atoms with Crippen LogP contribution in [-0.4, -0.2) is 81.4 Å². The van der Waals surface area contributed by atoms with Crippen molar-refractivity contribution in [3.63, 3.8) is 0 Å². The molecule has 1 aromatic carbocycles. The first-order chi connectivity index (χ1) is 17.2. The fourth-order valence-electron chi connectivity index (χ4n) is 3.01. The Morgan fingerprint density at radius 1 is 1.06 bits per heavy atom. The lowest BCUT2D eigenvalue weighted by Crippen LogP contribution is -2.60. The summed E-state index contributed by atoms with van der Waals surface area (Å²) in [5, 5.41) is 38.9. The zero-order chi connectivity index (χ0) is 28.2. The summed E-state index contributed by atoms with van der Waals surface area (Å²) in [5.41, 5.74) is -1.85. The van der Waals surface area contributed by atoms with Crippen LogP contribution in [-0.2, 0) is 23.8 Å². The average Bonchev–Trinajstić information content (AvgIpc) is 2.84. The first kappa shape index (κ1) is 20.7. The third kappa shape index (κ3) is 6.81. The lowest BCUT2D eigenvalue weighted by Gasteiger charge is -2.37. The lowest BCUT2D eigenvalue weighted by molar-refractivity contribution is -0.278. The summed E-state index contributed by atoms with van der Waals surface area (Å²) in [5.74, 6) is -4.96. The summed E-state index contributed by atoms with van der Waals surface area (Å²) in [6, 6.07) is -3.65. The number of carboxylic acids is 1. The van der Waals surface area contributed by atoms with Crippen molar-refractivity contribution in [3.8, 4) is 0 Å². The smallest absolute Gasteiger partial charge is 0.341 e. The Kier molecular flexibility index (Phi) is 7.44. The molecule has 0 aromatic heterocycles. The van der Waals surface area contributed by atoms with E-state index in [0.717, 1.165) is 0 Å². The van der Waals surface area contributed by atoms with E-state index < -0.39 is 83.9 Å². The molecule has 0 bridgehead atoms. The predicted octanol–water partition coefficient (Wildman–Crippen LogP) is 0.288. The molecule has 4 N–H and O–H groups in total. The van der Waals surface area contributed by atoms with Gasteiger partial charge in [0.2, 0.25) is 6.29 Å². The van der Waals surface area contributed by atoms with Crippen LogP contribution < -0.4 is 0 Å². The highest BCUT2D eigenvalue weighted by atomic mass is 16.7. The maximum Gasteiger partial charge on any atom is 0.341 e. The number of carbonyl (C=O) groups excluding carboxylic acids is 3. The van der Waals surface area contributed by atoms with Gasteiger partial charge in [0.15, 0.2) is 6.10 Å². The molecule has 0 radical (unpaired) electrons. The topological polar surface area (TPSA) is 177 Å². The van der Waals surface area contributed by atoms with Gasteiger partial charge in [-0.05, 0) is 31.3 Å². The second-order valence-corrected chi connectivity index (χ2v) is 7.50. The molecule has 0 saturated carbocycles. The molecule has 2 rings (SSSR count). The maximum absolute atomic E-state index is 13.0. The average molecular weight is 472 g/mol. The summed E-state index contributed by atoms with van der Waals surface area (Å²) in [7, 11) is 0.